The van der Waals surface area contributed by atoms with Gasteiger partial charge in [-0.25, -0.2) is 4.79 Å². The van der Waals surface area contributed by atoms with E-state index in [0.717, 1.165) is 31.3 Å². The lowest BCUT2D eigenvalue weighted by Crippen LogP contribution is -2.44. The standard InChI is InChI=1S/C18H34N2O2/c1-13-7-6-8-14(11-13)16(19-5)15-9-10-20(12-15)17(21)22-18(2,3)4/h13-16,19H,6-12H2,1-5H3. The van der Waals surface area contributed by atoms with E-state index in [1.165, 1.54) is 25.7 Å². The van der Waals surface area contributed by atoms with Crippen molar-refractivity contribution in [3.05, 3.63) is 0 Å². The molecule has 0 radical (unpaired) electrons. The van der Waals surface area contributed by atoms with Gasteiger partial charge in [-0.1, -0.05) is 19.8 Å². The highest BCUT2D eigenvalue weighted by atomic mass is 16.6. The summed E-state index contributed by atoms with van der Waals surface area (Å²) in [6.07, 6.45) is 6.33. The minimum atomic E-state index is -0.406. The molecule has 4 nitrogen and oxygen atoms in total. The van der Waals surface area contributed by atoms with Crippen molar-refractivity contribution < 1.29 is 9.53 Å². The van der Waals surface area contributed by atoms with Gasteiger partial charge in [0.05, 0.1) is 0 Å². The number of hydrogen-bond donors (Lipinski definition) is 1. The normalized spacial score (nSPS) is 31.1. The third-order valence-corrected chi connectivity index (χ3v) is 5.20. The second-order valence-corrected chi connectivity index (χ2v) is 8.32. The van der Waals surface area contributed by atoms with Gasteiger partial charge in [0.15, 0.2) is 0 Å². The fourth-order valence-electron chi connectivity index (χ4n) is 4.24. The Morgan fingerprint density at radius 1 is 1.23 bits per heavy atom. The van der Waals surface area contributed by atoms with Crippen LogP contribution in [0.1, 0.15) is 59.8 Å². The van der Waals surface area contributed by atoms with Crippen LogP contribution in [0, 0.1) is 17.8 Å². The maximum absolute atomic E-state index is 12.2. The van der Waals surface area contributed by atoms with E-state index < -0.39 is 5.60 Å². The average Bonchev–Trinajstić information content (AvgIpc) is 2.87. The zero-order valence-electron chi connectivity index (χ0n) is 15.0. The highest BCUT2D eigenvalue weighted by molar-refractivity contribution is 5.68. The van der Waals surface area contributed by atoms with Crippen molar-refractivity contribution in [2.24, 2.45) is 17.8 Å². The lowest BCUT2D eigenvalue weighted by atomic mass is 9.75. The minimum Gasteiger partial charge on any atom is -0.444 e. The third-order valence-electron chi connectivity index (χ3n) is 5.20. The summed E-state index contributed by atoms with van der Waals surface area (Å²) in [5, 5.41) is 3.56. The van der Waals surface area contributed by atoms with Crippen LogP contribution in [-0.4, -0.2) is 42.8 Å². The Bertz CT molecular complexity index is 378. The first kappa shape index (κ1) is 17.6. The van der Waals surface area contributed by atoms with Crippen LogP contribution in [0.15, 0.2) is 0 Å². The Morgan fingerprint density at radius 2 is 1.95 bits per heavy atom. The largest absolute Gasteiger partial charge is 0.444 e. The molecule has 128 valence electrons. The van der Waals surface area contributed by atoms with Crippen LogP contribution in [0.3, 0.4) is 0 Å². The SMILES string of the molecule is CNC(C1CCCC(C)C1)C1CCN(C(=O)OC(C)(C)C)C1. The molecule has 0 aromatic rings. The maximum Gasteiger partial charge on any atom is 0.410 e. The molecule has 1 heterocycles. The molecule has 1 aliphatic carbocycles. The van der Waals surface area contributed by atoms with Crippen molar-refractivity contribution in [1.29, 1.82) is 0 Å². The van der Waals surface area contributed by atoms with E-state index >= 15 is 0 Å². The van der Waals surface area contributed by atoms with Gasteiger partial charge in [-0.15, -0.1) is 0 Å². The van der Waals surface area contributed by atoms with Crippen LogP contribution in [0.25, 0.3) is 0 Å². The van der Waals surface area contributed by atoms with E-state index in [2.05, 4.69) is 19.3 Å². The van der Waals surface area contributed by atoms with Crippen LogP contribution in [0.5, 0.6) is 0 Å². The minimum absolute atomic E-state index is 0.151. The topological polar surface area (TPSA) is 41.6 Å². The second kappa shape index (κ2) is 7.20. The predicted octanol–water partition coefficient (Wildman–Crippen LogP) is 3.66. The van der Waals surface area contributed by atoms with Crippen LogP contribution in [0.2, 0.25) is 0 Å². The fraction of sp³-hybridized carbons (Fsp3) is 0.944. The van der Waals surface area contributed by atoms with E-state index in [4.69, 9.17) is 4.74 Å². The first-order valence-electron chi connectivity index (χ1n) is 8.95. The van der Waals surface area contributed by atoms with Crippen molar-refractivity contribution in [3.8, 4) is 0 Å². The maximum atomic E-state index is 12.2. The first-order chi connectivity index (χ1) is 10.3. The molecule has 0 bridgehead atoms. The van der Waals surface area contributed by atoms with Crippen LogP contribution >= 0.6 is 0 Å². The number of amides is 1. The molecule has 2 aliphatic rings. The molecule has 2 rings (SSSR count). The molecule has 22 heavy (non-hydrogen) atoms. The Labute approximate surface area is 136 Å². The summed E-state index contributed by atoms with van der Waals surface area (Å²) in [7, 11) is 2.08. The molecular weight excluding hydrogens is 276 g/mol. The van der Waals surface area contributed by atoms with Gasteiger partial charge in [0.2, 0.25) is 0 Å². The number of nitrogens with one attached hydrogen (secondary N) is 1. The summed E-state index contributed by atoms with van der Waals surface area (Å²) in [4.78, 5) is 14.1. The highest BCUT2D eigenvalue weighted by Crippen LogP contribution is 2.35. The first-order valence-corrected chi connectivity index (χ1v) is 8.95. The lowest BCUT2D eigenvalue weighted by molar-refractivity contribution is 0.0281. The molecule has 4 atom stereocenters. The molecule has 4 unspecified atom stereocenters. The van der Waals surface area contributed by atoms with Gasteiger partial charge in [0.25, 0.3) is 0 Å². The Morgan fingerprint density at radius 3 is 2.55 bits per heavy atom. The van der Waals surface area contributed by atoms with E-state index in [1.54, 1.807) is 0 Å². The number of nitrogens with zero attached hydrogens (tertiary/aromatic N) is 1. The fourth-order valence-corrected chi connectivity index (χ4v) is 4.24. The Hall–Kier alpha value is -0.770. The molecule has 1 aliphatic heterocycles. The van der Waals surface area contributed by atoms with Gasteiger partial charge >= 0.3 is 6.09 Å². The predicted molar refractivity (Wildman–Crippen MR) is 89.9 cm³/mol. The number of ether oxygens (including phenoxy) is 1. The molecule has 4 heteroatoms. The smallest absolute Gasteiger partial charge is 0.410 e. The number of rotatable bonds is 3. The van der Waals surface area contributed by atoms with Crippen LogP contribution < -0.4 is 5.32 Å². The molecule has 2 fully saturated rings. The summed E-state index contributed by atoms with van der Waals surface area (Å²) in [5.74, 6) is 2.17. The lowest BCUT2D eigenvalue weighted by Gasteiger charge is -2.36. The zero-order chi connectivity index (χ0) is 16.3. The summed E-state index contributed by atoms with van der Waals surface area (Å²) in [6.45, 7) is 9.83. The zero-order valence-corrected chi connectivity index (χ0v) is 15.0. The summed E-state index contributed by atoms with van der Waals surface area (Å²) in [6, 6.07) is 0.537. The summed E-state index contributed by atoms with van der Waals surface area (Å²) < 4.78 is 5.51. The van der Waals surface area contributed by atoms with Gasteiger partial charge in [-0.05, 0) is 64.8 Å². The quantitative estimate of drug-likeness (QED) is 0.865. The summed E-state index contributed by atoms with van der Waals surface area (Å²) >= 11 is 0. The highest BCUT2D eigenvalue weighted by Gasteiger charge is 2.37. The van der Waals surface area contributed by atoms with E-state index in [0.29, 0.717) is 12.0 Å². The number of carbonyl (C=O) groups is 1. The Kier molecular flexibility index (Phi) is 5.76. The summed E-state index contributed by atoms with van der Waals surface area (Å²) in [5.41, 5.74) is -0.406. The molecular formula is C18H34N2O2. The number of carbonyl (C=O) groups excluding carboxylic acids is 1. The molecule has 1 N–H and O–H groups in total. The molecule has 1 saturated carbocycles. The van der Waals surface area contributed by atoms with Crippen LogP contribution in [-0.2, 0) is 4.74 Å². The van der Waals surface area contributed by atoms with Gasteiger partial charge in [-0.2, -0.15) is 0 Å². The van der Waals surface area contributed by atoms with E-state index in [-0.39, 0.29) is 6.09 Å². The molecule has 0 spiro atoms. The monoisotopic (exact) mass is 310 g/mol. The number of hydrogen-bond acceptors (Lipinski definition) is 3. The Balaban J connectivity index is 1.91. The third kappa shape index (κ3) is 4.61. The molecule has 0 aromatic carbocycles. The van der Waals surface area contributed by atoms with Crippen molar-refractivity contribution in [2.75, 3.05) is 20.1 Å². The van der Waals surface area contributed by atoms with Gasteiger partial charge in [0.1, 0.15) is 5.60 Å². The van der Waals surface area contributed by atoms with Crippen molar-refractivity contribution >= 4 is 6.09 Å². The van der Waals surface area contributed by atoms with Crippen molar-refractivity contribution in [1.82, 2.24) is 10.2 Å². The second-order valence-electron chi connectivity index (χ2n) is 8.32. The molecule has 0 aromatic heterocycles. The molecule has 1 saturated heterocycles. The van der Waals surface area contributed by atoms with E-state index in [9.17, 15) is 4.79 Å². The van der Waals surface area contributed by atoms with Gasteiger partial charge < -0.3 is 15.0 Å². The molecule has 1 amide bonds. The van der Waals surface area contributed by atoms with Crippen molar-refractivity contribution in [2.45, 2.75) is 71.4 Å². The average molecular weight is 310 g/mol. The van der Waals surface area contributed by atoms with Crippen molar-refractivity contribution in [3.63, 3.8) is 0 Å². The van der Waals surface area contributed by atoms with E-state index in [1.807, 2.05) is 25.7 Å². The van der Waals surface area contributed by atoms with Gasteiger partial charge in [-0.3, -0.25) is 0 Å². The van der Waals surface area contributed by atoms with Crippen LogP contribution in [0.4, 0.5) is 4.79 Å². The number of likely N-dealkylation sites (tertiary alicyclic amines) is 1. The van der Waals surface area contributed by atoms with Gasteiger partial charge in [0, 0.05) is 19.1 Å².